The first-order valence-corrected chi connectivity index (χ1v) is 8.48. The Morgan fingerprint density at radius 2 is 1.52 bits per heavy atom. The molecular formula is C19H32O2. The fraction of sp³-hybridized carbons (Fsp3) is 0.737. The Kier molecular flexibility index (Phi) is 15.8. The zero-order valence-corrected chi connectivity index (χ0v) is 14.0. The maximum absolute atomic E-state index is 10.9. The fourth-order valence-corrected chi connectivity index (χ4v) is 2.01. The van der Waals surface area contributed by atoms with Gasteiger partial charge < -0.3 is 4.74 Å². The number of rotatable bonds is 12. The van der Waals surface area contributed by atoms with E-state index in [1.54, 1.807) is 0 Å². The Hall–Kier alpha value is -1.23. The van der Waals surface area contributed by atoms with Crippen LogP contribution >= 0.6 is 0 Å². The molecule has 0 fully saturated rings. The van der Waals surface area contributed by atoms with E-state index in [1.807, 2.05) is 0 Å². The first-order valence-electron chi connectivity index (χ1n) is 8.48. The van der Waals surface area contributed by atoms with Gasteiger partial charge >= 0.3 is 5.97 Å². The van der Waals surface area contributed by atoms with Crippen molar-refractivity contribution < 1.29 is 9.53 Å². The number of ether oxygens (including phenoxy) is 1. The molecular weight excluding hydrogens is 260 g/mol. The minimum Gasteiger partial charge on any atom is -0.469 e. The molecule has 0 aliphatic heterocycles. The van der Waals surface area contributed by atoms with E-state index in [0.717, 1.165) is 32.1 Å². The lowest BCUT2D eigenvalue weighted by Gasteiger charge is -1.96. The van der Waals surface area contributed by atoms with Crippen molar-refractivity contribution in [1.29, 1.82) is 0 Å². The van der Waals surface area contributed by atoms with Gasteiger partial charge in [-0.25, -0.2) is 0 Å². The van der Waals surface area contributed by atoms with Crippen LogP contribution in [0.4, 0.5) is 0 Å². The van der Waals surface area contributed by atoms with Crippen molar-refractivity contribution in [3.8, 4) is 11.8 Å². The molecule has 21 heavy (non-hydrogen) atoms. The van der Waals surface area contributed by atoms with Crippen molar-refractivity contribution >= 4 is 5.97 Å². The van der Waals surface area contributed by atoms with Gasteiger partial charge in [0, 0.05) is 19.3 Å². The van der Waals surface area contributed by atoms with Crippen LogP contribution in [0.3, 0.4) is 0 Å². The summed E-state index contributed by atoms with van der Waals surface area (Å²) in [6, 6.07) is 0. The first kappa shape index (κ1) is 19.8. The number of allylic oxidation sites excluding steroid dienone is 2. The first-order chi connectivity index (χ1) is 10.3. The maximum Gasteiger partial charge on any atom is 0.305 e. The third kappa shape index (κ3) is 16.7. The van der Waals surface area contributed by atoms with Gasteiger partial charge in [-0.3, -0.25) is 4.79 Å². The number of carbonyl (C=O) groups is 1. The maximum atomic E-state index is 10.9. The van der Waals surface area contributed by atoms with E-state index in [4.69, 9.17) is 0 Å². The van der Waals surface area contributed by atoms with Crippen LogP contribution in [0.25, 0.3) is 0 Å². The number of hydrogen-bond donors (Lipinski definition) is 0. The number of hydrogen-bond acceptors (Lipinski definition) is 2. The van der Waals surface area contributed by atoms with E-state index < -0.39 is 0 Å². The molecule has 0 saturated carbocycles. The van der Waals surface area contributed by atoms with E-state index in [0.29, 0.717) is 6.42 Å². The van der Waals surface area contributed by atoms with E-state index in [9.17, 15) is 4.79 Å². The highest BCUT2D eigenvalue weighted by atomic mass is 16.5. The lowest BCUT2D eigenvalue weighted by molar-refractivity contribution is -0.140. The largest absolute Gasteiger partial charge is 0.469 e. The van der Waals surface area contributed by atoms with Gasteiger partial charge in [0.1, 0.15) is 0 Å². The monoisotopic (exact) mass is 292 g/mol. The number of carbonyl (C=O) groups excluding carboxylic acids is 1. The molecule has 0 N–H and O–H groups in total. The average Bonchev–Trinajstić information content (AvgIpc) is 2.50. The molecule has 0 aliphatic carbocycles. The SMILES string of the molecule is CCCCCCC/C=C/CCCC#CCCCC(=O)OC. The number of unbranched alkanes of at least 4 members (excludes halogenated alkanes) is 8. The molecule has 120 valence electrons. The van der Waals surface area contributed by atoms with Gasteiger partial charge in [-0.1, -0.05) is 44.8 Å². The van der Waals surface area contributed by atoms with Crippen LogP contribution < -0.4 is 0 Å². The van der Waals surface area contributed by atoms with Gasteiger partial charge in [-0.15, -0.1) is 11.8 Å². The predicted molar refractivity (Wildman–Crippen MR) is 90.0 cm³/mol. The van der Waals surface area contributed by atoms with Crippen LogP contribution in [0, 0.1) is 11.8 Å². The molecule has 0 bridgehead atoms. The minimum absolute atomic E-state index is 0.142. The van der Waals surface area contributed by atoms with Crippen LogP contribution in [-0.4, -0.2) is 13.1 Å². The molecule has 2 nitrogen and oxygen atoms in total. The molecule has 0 spiro atoms. The zero-order chi connectivity index (χ0) is 15.6. The van der Waals surface area contributed by atoms with Crippen molar-refractivity contribution in [3.63, 3.8) is 0 Å². The summed E-state index contributed by atoms with van der Waals surface area (Å²) in [5, 5.41) is 0. The lowest BCUT2D eigenvalue weighted by Crippen LogP contribution is -1.98. The predicted octanol–water partition coefficient (Wildman–Crippen LogP) is 5.42. The highest BCUT2D eigenvalue weighted by molar-refractivity contribution is 5.69. The van der Waals surface area contributed by atoms with Crippen LogP contribution in [0.15, 0.2) is 12.2 Å². The molecule has 2 heteroatoms. The van der Waals surface area contributed by atoms with E-state index >= 15 is 0 Å². The molecule has 0 aromatic heterocycles. The normalized spacial score (nSPS) is 10.4. The van der Waals surface area contributed by atoms with Crippen molar-refractivity contribution in [2.24, 2.45) is 0 Å². The van der Waals surface area contributed by atoms with E-state index in [1.165, 1.54) is 45.6 Å². The second-order valence-corrected chi connectivity index (χ2v) is 5.35. The lowest BCUT2D eigenvalue weighted by atomic mass is 10.1. The second-order valence-electron chi connectivity index (χ2n) is 5.35. The molecule has 0 radical (unpaired) electrons. The molecule has 0 aliphatic rings. The highest BCUT2D eigenvalue weighted by Gasteiger charge is 1.96. The van der Waals surface area contributed by atoms with Gasteiger partial charge in [0.15, 0.2) is 0 Å². The summed E-state index contributed by atoms with van der Waals surface area (Å²) in [5.74, 6) is 6.14. The van der Waals surface area contributed by atoms with Gasteiger partial charge in [0.25, 0.3) is 0 Å². The summed E-state index contributed by atoms with van der Waals surface area (Å²) < 4.78 is 4.57. The van der Waals surface area contributed by atoms with Crippen LogP contribution in [0.5, 0.6) is 0 Å². The molecule has 0 rings (SSSR count). The fourth-order valence-electron chi connectivity index (χ4n) is 2.01. The molecule has 0 aromatic carbocycles. The van der Waals surface area contributed by atoms with Crippen LogP contribution in [-0.2, 0) is 9.53 Å². The second kappa shape index (κ2) is 16.8. The number of methoxy groups -OCH3 is 1. The van der Waals surface area contributed by atoms with Crippen molar-refractivity contribution in [2.45, 2.75) is 84.0 Å². The summed E-state index contributed by atoms with van der Waals surface area (Å²) in [4.78, 5) is 10.9. The summed E-state index contributed by atoms with van der Waals surface area (Å²) in [6.07, 6.45) is 17.9. The summed E-state index contributed by atoms with van der Waals surface area (Å²) >= 11 is 0. The Bertz CT molecular complexity index is 320. The summed E-state index contributed by atoms with van der Waals surface area (Å²) in [7, 11) is 1.42. The van der Waals surface area contributed by atoms with Crippen molar-refractivity contribution in [1.82, 2.24) is 0 Å². The molecule has 0 saturated heterocycles. The van der Waals surface area contributed by atoms with Crippen molar-refractivity contribution in [2.75, 3.05) is 7.11 Å². The Morgan fingerprint density at radius 1 is 0.905 bits per heavy atom. The molecule has 0 aromatic rings. The third-order valence-corrected chi connectivity index (χ3v) is 3.35. The standard InChI is InChI=1S/C19H32O2/c1-3-4-5-6-7-8-9-10-11-12-13-14-15-16-17-18-19(20)21-2/h9-10H,3-8,11-13,16-18H2,1-2H3/b10-9+. The van der Waals surface area contributed by atoms with Crippen molar-refractivity contribution in [3.05, 3.63) is 12.2 Å². The Labute approximate surface area is 131 Å². The van der Waals surface area contributed by atoms with E-state index in [-0.39, 0.29) is 5.97 Å². The highest BCUT2D eigenvalue weighted by Crippen LogP contribution is 2.06. The smallest absolute Gasteiger partial charge is 0.305 e. The minimum atomic E-state index is -0.142. The van der Waals surface area contributed by atoms with Crippen LogP contribution in [0.1, 0.15) is 84.0 Å². The van der Waals surface area contributed by atoms with Gasteiger partial charge in [0.2, 0.25) is 0 Å². The molecule has 0 amide bonds. The number of esters is 1. The van der Waals surface area contributed by atoms with Gasteiger partial charge in [-0.05, 0) is 32.1 Å². The summed E-state index contributed by atoms with van der Waals surface area (Å²) in [6.45, 7) is 2.25. The molecule has 0 heterocycles. The third-order valence-electron chi connectivity index (χ3n) is 3.35. The summed E-state index contributed by atoms with van der Waals surface area (Å²) in [5.41, 5.74) is 0. The Morgan fingerprint density at radius 3 is 2.19 bits per heavy atom. The quantitative estimate of drug-likeness (QED) is 0.208. The zero-order valence-electron chi connectivity index (χ0n) is 14.0. The van der Waals surface area contributed by atoms with E-state index in [2.05, 4.69) is 35.7 Å². The average molecular weight is 292 g/mol. The van der Waals surface area contributed by atoms with Crippen LogP contribution in [0.2, 0.25) is 0 Å². The topological polar surface area (TPSA) is 26.3 Å². The van der Waals surface area contributed by atoms with Gasteiger partial charge in [-0.2, -0.15) is 0 Å². The molecule has 0 atom stereocenters. The Balaban J connectivity index is 3.26. The van der Waals surface area contributed by atoms with Gasteiger partial charge in [0.05, 0.1) is 7.11 Å². The molecule has 0 unspecified atom stereocenters.